The number of nitrogens with zero attached hydrogens (tertiary/aromatic N) is 6. The molecule has 0 saturated carbocycles. The molecule has 0 aliphatic heterocycles. The van der Waals surface area contributed by atoms with Gasteiger partial charge in [-0.25, -0.2) is 27.4 Å². The summed E-state index contributed by atoms with van der Waals surface area (Å²) in [5.74, 6) is -1.91. The van der Waals surface area contributed by atoms with Crippen LogP contribution in [-0.4, -0.2) is 83.8 Å². The Morgan fingerprint density at radius 1 is 0.693 bits per heavy atom. The van der Waals surface area contributed by atoms with E-state index in [4.69, 9.17) is 30.9 Å². The highest BCUT2D eigenvalue weighted by molar-refractivity contribution is 7.94. The largest absolute Gasteiger partial charge is 0.505 e. The van der Waals surface area contributed by atoms with E-state index in [2.05, 4.69) is 59.5 Å². The van der Waals surface area contributed by atoms with Crippen molar-refractivity contribution in [1.29, 1.82) is 0 Å². The van der Waals surface area contributed by atoms with E-state index in [1.807, 2.05) is 0 Å². The molecule has 0 saturated heterocycles. The molecule has 6 rings (SSSR count). The summed E-state index contributed by atoms with van der Waals surface area (Å²) >= 11 is 0.257. The molecule has 0 radical (unpaired) electrons. The Morgan fingerprint density at radius 2 is 1.29 bits per heavy atom. The van der Waals surface area contributed by atoms with Crippen LogP contribution in [0.1, 0.15) is 6.92 Å². The number of carbonyl (C=O) groups excluding carboxylic acids is 1. The van der Waals surface area contributed by atoms with E-state index >= 15 is 0 Å². The maximum atomic E-state index is 13.3. The van der Waals surface area contributed by atoms with Crippen LogP contribution in [0.2, 0.25) is 0 Å². The minimum atomic E-state index is -5.25. The monoisotopic (exact) mass is 1160 g/mol. The number of carbonyl (C=O) groups is 1. The molecule has 11 N–H and O–H groups in total. The summed E-state index contributed by atoms with van der Waals surface area (Å²) in [6.07, 6.45) is 0. The van der Waals surface area contributed by atoms with Gasteiger partial charge in [0.25, 0.3) is 30.3 Å². The van der Waals surface area contributed by atoms with Gasteiger partial charge in [-0.2, -0.15) is 27.1 Å². The first-order chi connectivity index (χ1) is 35.4. The molecule has 0 aliphatic carbocycles. The van der Waals surface area contributed by atoms with Crippen LogP contribution in [0.3, 0.4) is 0 Å². The number of fused-ring (bicyclic) bond motifs is 1. The number of azo groups is 3. The van der Waals surface area contributed by atoms with E-state index in [0.29, 0.717) is 11.8 Å². The first-order valence-electron chi connectivity index (χ1n) is 19.9. The van der Waals surface area contributed by atoms with Gasteiger partial charge in [-0.1, -0.05) is 10.1 Å². The van der Waals surface area contributed by atoms with E-state index in [9.17, 15) is 52.7 Å². The van der Waals surface area contributed by atoms with E-state index in [1.165, 1.54) is 50.4 Å². The van der Waals surface area contributed by atoms with Crippen molar-refractivity contribution in [3.63, 3.8) is 0 Å². The van der Waals surface area contributed by atoms with Crippen molar-refractivity contribution in [2.24, 2.45) is 30.7 Å². The fourth-order valence-electron chi connectivity index (χ4n) is 6.29. The molecule has 6 aromatic carbocycles. The molecular formula is C39H36N10O20S6. The second-order valence-corrected chi connectivity index (χ2v) is 22.3. The zero-order valence-corrected chi connectivity index (χ0v) is 42.6. The van der Waals surface area contributed by atoms with Crippen LogP contribution in [0.4, 0.5) is 56.9 Å². The number of hydrogen-bond acceptors (Lipinski definition) is 28. The summed E-state index contributed by atoms with van der Waals surface area (Å²) in [7, 11) is -17.7. The second kappa shape index (κ2) is 24.1. The summed E-state index contributed by atoms with van der Waals surface area (Å²) in [6, 6.07) is 17.3. The Kier molecular flexibility index (Phi) is 18.4. The fourth-order valence-corrected chi connectivity index (χ4v) is 10.7. The lowest BCUT2D eigenvalue weighted by Crippen LogP contribution is -2.12. The number of benzene rings is 6. The average Bonchev–Trinajstić information content (AvgIpc) is 3.34. The molecule has 1 amide bonds. The normalized spacial score (nSPS) is 12.6. The summed E-state index contributed by atoms with van der Waals surface area (Å²) in [6.45, 7) is 0.748. The number of phenols is 1. The van der Waals surface area contributed by atoms with Crippen LogP contribution in [-0.2, 0) is 67.8 Å². The van der Waals surface area contributed by atoms with Crippen LogP contribution < -0.4 is 26.2 Å². The number of methoxy groups -OCH3 is 1. The molecule has 0 atom stereocenters. The minimum Gasteiger partial charge on any atom is -0.505 e. The third-order valence-corrected chi connectivity index (χ3v) is 15.4. The third-order valence-electron chi connectivity index (χ3n) is 9.58. The maximum Gasteiger partial charge on any atom is 0.296 e. The molecule has 0 unspecified atom stereocenters. The van der Waals surface area contributed by atoms with Gasteiger partial charge in [0, 0.05) is 18.7 Å². The van der Waals surface area contributed by atoms with Gasteiger partial charge in [-0.05, 0) is 90.3 Å². The topological polar surface area (TPSA) is 460 Å². The number of nitrogen functional groups attached to an aromatic ring is 2. The molecule has 36 heteroatoms. The Labute approximate surface area is 432 Å². The third kappa shape index (κ3) is 14.4. The number of nitrogens with two attached hydrogens (primary N) is 2. The molecule has 0 aliphatic rings. The summed E-state index contributed by atoms with van der Waals surface area (Å²) < 4.78 is 144. The predicted molar refractivity (Wildman–Crippen MR) is 265 cm³/mol. The molecule has 0 bridgehead atoms. The highest BCUT2D eigenvalue weighted by Crippen LogP contribution is 2.50. The van der Waals surface area contributed by atoms with Crippen LogP contribution in [0.25, 0.3) is 10.8 Å². The summed E-state index contributed by atoms with van der Waals surface area (Å²) in [4.78, 5) is 8.42. The number of ether oxygens (including phenoxy) is 1. The quantitative estimate of drug-likeness (QED) is 0.00552. The number of sulfone groups is 1. The molecule has 0 fully saturated rings. The number of amides is 1. The van der Waals surface area contributed by atoms with Gasteiger partial charge in [-0.3, -0.25) is 22.8 Å². The van der Waals surface area contributed by atoms with Gasteiger partial charge in [0.15, 0.2) is 27.9 Å². The van der Waals surface area contributed by atoms with Gasteiger partial charge in [-0.15, -0.1) is 29.1 Å². The van der Waals surface area contributed by atoms with Crippen molar-refractivity contribution in [3.8, 4) is 11.5 Å². The van der Waals surface area contributed by atoms with Crippen molar-refractivity contribution < 1.29 is 90.9 Å². The number of phenolic OH excluding ortho intramolecular Hbond substituents is 1. The van der Waals surface area contributed by atoms with Crippen LogP contribution >= 0.6 is 24.4 Å². The molecule has 0 aromatic heterocycles. The molecule has 0 spiro atoms. The number of sulfonamides is 1. The van der Waals surface area contributed by atoms with Gasteiger partial charge < -0.3 is 26.6 Å². The number of hydrogen-bond donors (Lipinski definition) is 9. The van der Waals surface area contributed by atoms with Gasteiger partial charge in [0.1, 0.15) is 38.3 Å². The minimum absolute atomic E-state index is 0.0822. The Hall–Kier alpha value is -7.01. The van der Waals surface area contributed by atoms with E-state index in [1.54, 1.807) is 0 Å². The first-order valence-corrected chi connectivity index (χ1v) is 27.4. The lowest BCUT2D eigenvalue weighted by atomic mass is 10.1. The number of anilines is 4. The highest BCUT2D eigenvalue weighted by Gasteiger charge is 2.27. The maximum absolute atomic E-state index is 13.3. The molecule has 6 aromatic rings. The number of nitrogens with one attached hydrogen (secondary N) is 2. The fraction of sp³-hybridized carbons (Fsp3) is 0.103. The number of aromatic hydroxyl groups is 1. The van der Waals surface area contributed by atoms with Gasteiger partial charge in [0.05, 0.1) is 80.0 Å². The Morgan fingerprint density at radius 3 is 1.91 bits per heavy atom. The van der Waals surface area contributed by atoms with E-state index < -0.39 is 101 Å². The Bertz CT molecular complexity index is 3700. The Balaban J connectivity index is 1.28. The zero-order valence-electron chi connectivity index (χ0n) is 37.7. The van der Waals surface area contributed by atoms with E-state index in [0.717, 1.165) is 48.5 Å². The predicted octanol–water partition coefficient (Wildman–Crippen LogP) is 8.42. The molecular weight excluding hydrogens is 1120 g/mol. The van der Waals surface area contributed by atoms with Crippen LogP contribution in [0.15, 0.2) is 146 Å². The summed E-state index contributed by atoms with van der Waals surface area (Å²) in [5.41, 5.74) is 10.7. The first kappa shape index (κ1) is 57.3. The lowest BCUT2D eigenvalue weighted by molar-refractivity contribution is -0.434. The molecule has 0 heterocycles. The summed E-state index contributed by atoms with van der Waals surface area (Å²) in [5, 5.41) is 61.1. The van der Waals surface area contributed by atoms with Gasteiger partial charge in [0.2, 0.25) is 5.91 Å². The molecule has 398 valence electrons. The average molecular weight is 1160 g/mol. The van der Waals surface area contributed by atoms with Crippen molar-refractivity contribution in [1.82, 2.24) is 0 Å². The SMILES string of the molecule is COc1cc(N=Nc2ccc(NS(=O)(=O)c3ccc(N=Nc4c(S(=O)(=O)O)cc5cc(SOOO)c(N=Nc6ccc(S(=O)(=O)CCOSOOO)cc6S(=O)(=O)O)c(N)c5c4O)cc3)cc2)c(NC(C)=O)cc1N. The highest BCUT2D eigenvalue weighted by atomic mass is 32.2. The lowest BCUT2D eigenvalue weighted by Gasteiger charge is -2.14. The van der Waals surface area contributed by atoms with Crippen molar-refractivity contribution in [2.75, 3.05) is 41.0 Å². The standard InChI is InChI=1S/C39H36N10O20S6/c1-20(50)42-29-18-27(40)31(64-2)19-30(29)46-43-22-3-5-24(6-4-22)49-73(56,57)25-9-7-23(8-10-25)44-48-38-34(75(61,62)63)16-21-15-32(70-68-66-52)37(36(41)35(21)39(38)51)47-45-28-12-11-26(17-33(28)74(58,59)60)72(54,55)14-13-65-71-69-67-53/h3-12,15-19,49,51-53H,13-14,40-41H2,1-2H3,(H,42,50)(H,58,59,60)(H,61,62,63). The van der Waals surface area contributed by atoms with Crippen molar-refractivity contribution >= 4 is 138 Å². The van der Waals surface area contributed by atoms with Crippen molar-refractivity contribution in [3.05, 3.63) is 91.0 Å². The molecule has 30 nitrogen and oxygen atoms in total. The van der Waals surface area contributed by atoms with Crippen LogP contribution in [0.5, 0.6) is 11.5 Å². The number of rotatable bonds is 23. The van der Waals surface area contributed by atoms with Crippen LogP contribution in [0, 0.1) is 0 Å². The smallest absolute Gasteiger partial charge is 0.296 e. The van der Waals surface area contributed by atoms with Crippen molar-refractivity contribution in [2.45, 2.75) is 31.4 Å². The second-order valence-electron chi connectivity index (χ2n) is 14.5. The molecule has 75 heavy (non-hydrogen) atoms. The zero-order chi connectivity index (χ0) is 54.9. The van der Waals surface area contributed by atoms with E-state index in [-0.39, 0.29) is 79.6 Å². The van der Waals surface area contributed by atoms with Gasteiger partial charge >= 0.3 is 0 Å².